The van der Waals surface area contributed by atoms with E-state index < -0.39 is 47.1 Å². The standard InChI is InChI=1S/C31H54N4O7/c1-12-14-22(40-11)16-15-19(4)24-30(7,8)28(38)33-20(5)26-34-31(9,17-41-26)29(39)35(10)23(18(3)13-2)25(36)32-21(6)27(37)42-24/h18-24H,12-17H2,1-11H3,(H,32,36)(H,33,38)/t18-,19+,20-,21-,22+,23-,24-,31-/m0/s1. The van der Waals surface area contributed by atoms with Gasteiger partial charge >= 0.3 is 5.97 Å². The van der Waals surface area contributed by atoms with E-state index >= 15 is 0 Å². The number of methoxy groups -OCH3 is 1. The molecule has 0 radical (unpaired) electrons. The predicted molar refractivity (Wildman–Crippen MR) is 161 cm³/mol. The fraction of sp³-hybridized carbons (Fsp3) is 0.839. The molecule has 0 aromatic carbocycles. The molecule has 3 amide bonds. The Balaban J connectivity index is 2.53. The maximum Gasteiger partial charge on any atom is 0.328 e. The molecule has 2 aliphatic heterocycles. The van der Waals surface area contributed by atoms with Crippen LogP contribution in [0.4, 0.5) is 0 Å². The summed E-state index contributed by atoms with van der Waals surface area (Å²) in [4.78, 5) is 60.5. The minimum Gasteiger partial charge on any atom is -0.476 e. The van der Waals surface area contributed by atoms with E-state index in [1.165, 1.54) is 4.90 Å². The second kappa shape index (κ2) is 14.7. The van der Waals surface area contributed by atoms with Crippen LogP contribution in [-0.2, 0) is 33.4 Å². The van der Waals surface area contributed by atoms with E-state index in [1.807, 2.05) is 20.8 Å². The van der Waals surface area contributed by atoms with Gasteiger partial charge in [0, 0.05) is 14.2 Å². The number of likely N-dealkylation sites (N-methyl/N-ethyl adjacent to an activating group) is 1. The minimum absolute atomic E-state index is 0.0138. The topological polar surface area (TPSA) is 136 Å². The van der Waals surface area contributed by atoms with Crippen molar-refractivity contribution in [2.24, 2.45) is 22.2 Å². The summed E-state index contributed by atoms with van der Waals surface area (Å²) in [6, 6.07) is -2.48. The number of esters is 1. The van der Waals surface area contributed by atoms with Crippen molar-refractivity contribution in [3.63, 3.8) is 0 Å². The van der Waals surface area contributed by atoms with E-state index in [0.29, 0.717) is 12.8 Å². The fourth-order valence-corrected chi connectivity index (χ4v) is 5.83. The number of aliphatic imine (C=N–C) groups is 1. The van der Waals surface area contributed by atoms with Gasteiger partial charge in [0.15, 0.2) is 5.54 Å². The molecule has 2 N–H and O–H groups in total. The minimum atomic E-state index is -1.26. The highest BCUT2D eigenvalue weighted by atomic mass is 16.5. The van der Waals surface area contributed by atoms with Gasteiger partial charge in [0.05, 0.1) is 11.5 Å². The molecule has 0 aromatic rings. The number of fused-ring (bicyclic) bond motifs is 1. The number of hydrogen-bond acceptors (Lipinski definition) is 8. The van der Waals surface area contributed by atoms with Gasteiger partial charge in [0.2, 0.25) is 17.7 Å². The third-order valence-electron chi connectivity index (χ3n) is 8.88. The van der Waals surface area contributed by atoms with E-state index in [0.717, 1.165) is 19.3 Å². The Morgan fingerprint density at radius 1 is 1.00 bits per heavy atom. The first-order chi connectivity index (χ1) is 19.5. The van der Waals surface area contributed by atoms with Crippen LogP contribution >= 0.6 is 0 Å². The van der Waals surface area contributed by atoms with Crippen LogP contribution in [0.2, 0.25) is 0 Å². The third kappa shape index (κ3) is 8.02. The summed E-state index contributed by atoms with van der Waals surface area (Å²) in [5, 5.41) is 5.74. The van der Waals surface area contributed by atoms with Crippen molar-refractivity contribution in [3.05, 3.63) is 0 Å². The van der Waals surface area contributed by atoms with Crippen LogP contribution < -0.4 is 10.6 Å². The third-order valence-corrected chi connectivity index (χ3v) is 8.88. The molecule has 8 atom stereocenters. The average Bonchev–Trinajstić information content (AvgIpc) is 3.35. The van der Waals surface area contributed by atoms with E-state index in [-0.39, 0.29) is 42.3 Å². The number of hydrogen-bond donors (Lipinski definition) is 2. The molecule has 11 heteroatoms. The monoisotopic (exact) mass is 594 g/mol. The molecule has 0 saturated heterocycles. The van der Waals surface area contributed by atoms with E-state index in [1.54, 1.807) is 48.8 Å². The molecule has 0 aromatic heterocycles. The molecule has 0 saturated carbocycles. The van der Waals surface area contributed by atoms with Crippen LogP contribution in [0, 0.1) is 17.3 Å². The Morgan fingerprint density at radius 3 is 2.21 bits per heavy atom. The van der Waals surface area contributed by atoms with Gasteiger partial charge in [-0.2, -0.15) is 0 Å². The maximum atomic E-state index is 13.7. The number of carbonyl (C=O) groups is 4. The van der Waals surface area contributed by atoms with E-state index in [9.17, 15) is 19.2 Å². The largest absolute Gasteiger partial charge is 0.476 e. The van der Waals surface area contributed by atoms with Crippen molar-refractivity contribution in [2.45, 2.75) is 130 Å². The van der Waals surface area contributed by atoms with Crippen LogP contribution in [0.15, 0.2) is 4.99 Å². The molecule has 0 spiro atoms. The highest BCUT2D eigenvalue weighted by molar-refractivity contribution is 5.98. The smallest absolute Gasteiger partial charge is 0.328 e. The van der Waals surface area contributed by atoms with Gasteiger partial charge in [0.1, 0.15) is 30.8 Å². The number of ether oxygens (including phenoxy) is 3. The first-order valence-corrected chi connectivity index (χ1v) is 15.4. The summed E-state index contributed by atoms with van der Waals surface area (Å²) in [6.07, 6.45) is 3.22. The maximum absolute atomic E-state index is 13.7. The molecule has 0 aliphatic carbocycles. The lowest BCUT2D eigenvalue weighted by atomic mass is 9.77. The van der Waals surface area contributed by atoms with Crippen molar-refractivity contribution in [3.8, 4) is 0 Å². The van der Waals surface area contributed by atoms with Crippen molar-refractivity contribution in [1.29, 1.82) is 0 Å². The molecule has 2 rings (SSSR count). The zero-order valence-corrected chi connectivity index (χ0v) is 27.5. The number of nitrogens with zero attached hydrogens (tertiary/aromatic N) is 2. The summed E-state index contributed by atoms with van der Waals surface area (Å²) in [5.41, 5.74) is -2.41. The van der Waals surface area contributed by atoms with E-state index in [4.69, 9.17) is 14.2 Å². The van der Waals surface area contributed by atoms with Gasteiger partial charge in [-0.3, -0.25) is 14.4 Å². The summed E-state index contributed by atoms with van der Waals surface area (Å²) >= 11 is 0. The SMILES string of the molecule is CCC[C@H](CC[C@@H](C)[C@@H]1OC(=O)[C@H](C)NC(=O)[C@H]([C@@H](C)CC)N(C)C(=O)[C@]2(C)COC(=N2)[C@H](C)NC(=O)C1(C)C)OC. The average molecular weight is 595 g/mol. The number of amides is 3. The molecule has 0 fully saturated rings. The molecule has 240 valence electrons. The zero-order chi connectivity index (χ0) is 32.0. The first kappa shape index (κ1) is 35.5. The van der Waals surface area contributed by atoms with Gasteiger partial charge < -0.3 is 29.7 Å². The summed E-state index contributed by atoms with van der Waals surface area (Å²) < 4.78 is 17.5. The summed E-state index contributed by atoms with van der Waals surface area (Å²) in [6.45, 7) is 16.3. The first-order valence-electron chi connectivity index (χ1n) is 15.4. The quantitative estimate of drug-likeness (QED) is 0.391. The Morgan fingerprint density at radius 2 is 1.64 bits per heavy atom. The van der Waals surface area contributed by atoms with Crippen LogP contribution in [0.3, 0.4) is 0 Å². The number of cyclic esters (lactones) is 1. The molecule has 0 unspecified atom stereocenters. The number of carbonyl (C=O) groups excluding carboxylic acids is 4. The van der Waals surface area contributed by atoms with Crippen molar-refractivity contribution in [2.75, 3.05) is 20.8 Å². The van der Waals surface area contributed by atoms with Gasteiger partial charge in [-0.05, 0) is 65.7 Å². The highest BCUT2D eigenvalue weighted by Crippen LogP contribution is 2.34. The Hall–Kier alpha value is -2.69. The van der Waals surface area contributed by atoms with Crippen LogP contribution in [0.1, 0.15) is 94.4 Å². The molecule has 42 heavy (non-hydrogen) atoms. The van der Waals surface area contributed by atoms with Gasteiger partial charge in [-0.25, -0.2) is 9.79 Å². The lowest BCUT2D eigenvalue weighted by molar-refractivity contribution is -0.167. The number of rotatable bonds is 9. The summed E-state index contributed by atoms with van der Waals surface area (Å²) in [5.74, 6) is -1.99. The van der Waals surface area contributed by atoms with E-state index in [2.05, 4.69) is 22.5 Å². The van der Waals surface area contributed by atoms with Gasteiger partial charge in [0.25, 0.3) is 5.91 Å². The van der Waals surface area contributed by atoms with Crippen molar-refractivity contribution < 1.29 is 33.4 Å². The van der Waals surface area contributed by atoms with Crippen LogP contribution in [-0.4, -0.2) is 91.1 Å². The van der Waals surface area contributed by atoms with Gasteiger partial charge in [-0.15, -0.1) is 0 Å². The normalized spacial score (nSPS) is 31.3. The Kier molecular flexibility index (Phi) is 12.4. The molecule has 2 aliphatic rings. The van der Waals surface area contributed by atoms with Gasteiger partial charge in [-0.1, -0.05) is 40.5 Å². The molecule has 2 heterocycles. The summed E-state index contributed by atoms with van der Waals surface area (Å²) in [7, 11) is 3.26. The van der Waals surface area contributed by atoms with Crippen LogP contribution in [0.5, 0.6) is 0 Å². The van der Waals surface area contributed by atoms with Crippen molar-refractivity contribution >= 4 is 29.6 Å². The number of nitrogens with one attached hydrogen (secondary N) is 2. The van der Waals surface area contributed by atoms with Crippen LogP contribution in [0.25, 0.3) is 0 Å². The molecular weight excluding hydrogens is 540 g/mol. The van der Waals surface area contributed by atoms with Crippen molar-refractivity contribution in [1.82, 2.24) is 15.5 Å². The Labute approximate surface area is 251 Å². The highest BCUT2D eigenvalue weighted by Gasteiger charge is 2.48. The second-order valence-electron chi connectivity index (χ2n) is 13.0. The second-order valence-corrected chi connectivity index (χ2v) is 13.0. The molecular formula is C31H54N4O7. The molecule has 11 nitrogen and oxygen atoms in total. The lowest BCUT2D eigenvalue weighted by Crippen LogP contribution is -2.58. The lowest BCUT2D eigenvalue weighted by Gasteiger charge is -2.38. The molecule has 2 bridgehead atoms. The predicted octanol–water partition coefficient (Wildman–Crippen LogP) is 3.24. The zero-order valence-electron chi connectivity index (χ0n) is 27.5. The Bertz CT molecular complexity index is 1020. The fourth-order valence-electron chi connectivity index (χ4n) is 5.83.